The zero-order chi connectivity index (χ0) is 11.4. The van der Waals surface area contributed by atoms with Crippen LogP contribution in [0.5, 0.6) is 0 Å². The van der Waals surface area contributed by atoms with Crippen LogP contribution in [0, 0.1) is 5.92 Å². The number of hydrogen-bond acceptors (Lipinski definition) is 3. The van der Waals surface area contributed by atoms with E-state index in [2.05, 4.69) is 0 Å². The number of carbonyl (C=O) groups is 1. The molecule has 0 aromatic carbocycles. The largest absolute Gasteiger partial charge is 0.480 e. The highest BCUT2D eigenvalue weighted by Gasteiger charge is 2.33. The average molecular weight is 234 g/mol. The van der Waals surface area contributed by atoms with Crippen molar-refractivity contribution < 1.29 is 18.8 Å². The minimum absolute atomic E-state index is 0.0118. The molecule has 88 valence electrons. The Kier molecular flexibility index (Phi) is 4.73. The molecule has 0 aromatic heterocycles. The molecule has 15 heavy (non-hydrogen) atoms. The van der Waals surface area contributed by atoms with E-state index in [1.54, 1.807) is 13.8 Å². The fraction of sp³-hybridized carbons (Fsp3) is 0.900. The van der Waals surface area contributed by atoms with Gasteiger partial charge in [-0.2, -0.15) is 0 Å². The quantitative estimate of drug-likeness (QED) is 0.789. The highest BCUT2D eigenvalue weighted by molar-refractivity contribution is 7.87. The molecule has 0 saturated carbocycles. The Morgan fingerprint density at radius 1 is 1.40 bits per heavy atom. The van der Waals surface area contributed by atoms with Crippen molar-refractivity contribution in [3.8, 4) is 0 Å². The Balaban J connectivity index is 2.66. The maximum atomic E-state index is 12.1. The second kappa shape index (κ2) is 5.61. The Morgan fingerprint density at radius 3 is 2.33 bits per heavy atom. The van der Waals surface area contributed by atoms with Gasteiger partial charge in [-0.3, -0.25) is 9.00 Å². The van der Waals surface area contributed by atoms with Crippen molar-refractivity contribution in [1.29, 1.82) is 0 Å². The Hall–Kier alpha value is -0.420. The van der Waals surface area contributed by atoms with Gasteiger partial charge in [0, 0.05) is 29.3 Å². The number of aliphatic carboxylic acids is 1. The van der Waals surface area contributed by atoms with Crippen LogP contribution >= 0.6 is 0 Å². The van der Waals surface area contributed by atoms with E-state index in [0.717, 1.165) is 0 Å². The highest BCUT2D eigenvalue weighted by Crippen LogP contribution is 2.20. The van der Waals surface area contributed by atoms with Gasteiger partial charge >= 0.3 is 5.97 Å². The second-order valence-electron chi connectivity index (χ2n) is 4.14. The van der Waals surface area contributed by atoms with Crippen LogP contribution in [0.2, 0.25) is 0 Å². The van der Waals surface area contributed by atoms with Crippen LogP contribution in [0.1, 0.15) is 26.7 Å². The first kappa shape index (κ1) is 12.6. The van der Waals surface area contributed by atoms with Gasteiger partial charge in [0.15, 0.2) is 0 Å². The van der Waals surface area contributed by atoms with Crippen molar-refractivity contribution >= 4 is 16.8 Å². The van der Waals surface area contributed by atoms with Crippen LogP contribution in [-0.2, 0) is 20.3 Å². The first-order valence-electron chi connectivity index (χ1n) is 5.24. The first-order chi connectivity index (χ1) is 7.04. The van der Waals surface area contributed by atoms with E-state index in [9.17, 15) is 9.00 Å². The molecular formula is C10H18O4S. The molecule has 1 rings (SSSR count). The number of ether oxygens (including phenoxy) is 1. The third-order valence-electron chi connectivity index (χ3n) is 2.60. The molecule has 4 nitrogen and oxygen atoms in total. The minimum atomic E-state index is -1.28. The zero-order valence-electron chi connectivity index (χ0n) is 9.14. The Bertz CT molecular complexity index is 246. The smallest absolute Gasteiger partial charge is 0.319 e. The number of hydrogen-bond donors (Lipinski definition) is 1. The standard InChI is InChI=1S/C10H18O4S/c1-7(2)9(10(11)12)15(13)8-3-5-14-6-4-8/h7-9H,3-6H2,1-2H3,(H,11,12). The molecule has 0 bridgehead atoms. The minimum Gasteiger partial charge on any atom is -0.480 e. The van der Waals surface area contributed by atoms with Gasteiger partial charge in [0.2, 0.25) is 0 Å². The normalized spacial score (nSPS) is 22.6. The van der Waals surface area contributed by atoms with Gasteiger partial charge in [0.05, 0.1) is 0 Å². The van der Waals surface area contributed by atoms with Crippen molar-refractivity contribution in [2.75, 3.05) is 13.2 Å². The maximum absolute atomic E-state index is 12.1. The molecule has 2 atom stereocenters. The lowest BCUT2D eigenvalue weighted by Crippen LogP contribution is -2.38. The SMILES string of the molecule is CC(C)C(C(=O)O)S(=O)C1CCOCC1. The summed E-state index contributed by atoms with van der Waals surface area (Å²) in [5, 5.41) is 8.27. The zero-order valence-corrected chi connectivity index (χ0v) is 9.96. The van der Waals surface area contributed by atoms with Crippen molar-refractivity contribution in [3.63, 3.8) is 0 Å². The number of rotatable bonds is 4. The van der Waals surface area contributed by atoms with Crippen molar-refractivity contribution in [2.24, 2.45) is 5.92 Å². The average Bonchev–Trinajstić information content (AvgIpc) is 2.18. The van der Waals surface area contributed by atoms with Crippen LogP contribution < -0.4 is 0 Å². The third kappa shape index (κ3) is 3.28. The van der Waals surface area contributed by atoms with Gasteiger partial charge in [-0.25, -0.2) is 0 Å². The molecule has 2 unspecified atom stereocenters. The van der Waals surface area contributed by atoms with E-state index in [-0.39, 0.29) is 11.2 Å². The van der Waals surface area contributed by atoms with E-state index in [4.69, 9.17) is 9.84 Å². The monoisotopic (exact) mass is 234 g/mol. The fourth-order valence-electron chi connectivity index (χ4n) is 1.77. The van der Waals surface area contributed by atoms with Crippen LogP contribution in [-0.4, -0.2) is 39.0 Å². The fourth-order valence-corrected chi connectivity index (χ4v) is 3.58. The molecule has 0 aromatic rings. The summed E-state index contributed by atoms with van der Waals surface area (Å²) in [5.41, 5.74) is 0. The third-order valence-corrected chi connectivity index (χ3v) is 4.97. The van der Waals surface area contributed by atoms with Gasteiger partial charge in [0.1, 0.15) is 5.25 Å². The van der Waals surface area contributed by atoms with E-state index in [1.165, 1.54) is 0 Å². The summed E-state index contributed by atoms with van der Waals surface area (Å²) in [4.78, 5) is 11.0. The molecule has 1 saturated heterocycles. The number of carboxylic acid groups (broad SMARTS) is 1. The van der Waals surface area contributed by atoms with Crippen LogP contribution in [0.15, 0.2) is 0 Å². The molecule has 1 aliphatic rings. The summed E-state index contributed by atoms with van der Waals surface area (Å²) in [6, 6.07) is 0. The molecule has 1 aliphatic heterocycles. The number of carboxylic acids is 1. The summed E-state index contributed by atoms with van der Waals surface area (Å²) in [6.07, 6.45) is 1.42. The van der Waals surface area contributed by atoms with E-state index in [0.29, 0.717) is 26.1 Å². The molecule has 5 heteroatoms. The predicted molar refractivity (Wildman–Crippen MR) is 58.2 cm³/mol. The summed E-state index contributed by atoms with van der Waals surface area (Å²) in [7, 11) is -1.28. The Morgan fingerprint density at radius 2 is 1.93 bits per heavy atom. The lowest BCUT2D eigenvalue weighted by molar-refractivity contribution is -0.137. The molecule has 0 spiro atoms. The first-order valence-corrected chi connectivity index (χ1v) is 6.51. The molecule has 0 radical (unpaired) electrons. The van der Waals surface area contributed by atoms with Gasteiger partial charge in [-0.15, -0.1) is 0 Å². The highest BCUT2D eigenvalue weighted by atomic mass is 32.2. The second-order valence-corrected chi connectivity index (χ2v) is 5.97. The summed E-state index contributed by atoms with van der Waals surface area (Å²) in [6.45, 7) is 4.80. The topological polar surface area (TPSA) is 63.6 Å². The van der Waals surface area contributed by atoms with Crippen molar-refractivity contribution in [3.05, 3.63) is 0 Å². The van der Waals surface area contributed by atoms with Gasteiger partial charge < -0.3 is 9.84 Å². The van der Waals surface area contributed by atoms with Gasteiger partial charge in [-0.05, 0) is 18.8 Å². The van der Waals surface area contributed by atoms with Crippen LogP contribution in [0.25, 0.3) is 0 Å². The van der Waals surface area contributed by atoms with Gasteiger partial charge in [0.25, 0.3) is 0 Å². The molecule has 1 N–H and O–H groups in total. The lowest BCUT2D eigenvalue weighted by Gasteiger charge is -2.26. The predicted octanol–water partition coefficient (Wildman–Crippen LogP) is 1.02. The molecular weight excluding hydrogens is 216 g/mol. The van der Waals surface area contributed by atoms with Gasteiger partial charge in [-0.1, -0.05) is 13.8 Å². The molecule has 1 fully saturated rings. The maximum Gasteiger partial charge on any atom is 0.319 e. The Labute approximate surface area is 92.5 Å². The lowest BCUT2D eigenvalue weighted by atomic mass is 10.1. The molecule has 1 heterocycles. The van der Waals surface area contributed by atoms with E-state index in [1.807, 2.05) is 0 Å². The van der Waals surface area contributed by atoms with Crippen molar-refractivity contribution in [1.82, 2.24) is 0 Å². The molecule has 0 aliphatic carbocycles. The summed E-state index contributed by atoms with van der Waals surface area (Å²) in [5.74, 6) is -1.04. The van der Waals surface area contributed by atoms with E-state index < -0.39 is 22.0 Å². The van der Waals surface area contributed by atoms with Crippen LogP contribution in [0.3, 0.4) is 0 Å². The van der Waals surface area contributed by atoms with Crippen LogP contribution in [0.4, 0.5) is 0 Å². The summed E-state index contributed by atoms with van der Waals surface area (Å²) < 4.78 is 17.2. The molecule has 0 amide bonds. The van der Waals surface area contributed by atoms with E-state index >= 15 is 0 Å². The summed E-state index contributed by atoms with van der Waals surface area (Å²) >= 11 is 0. The van der Waals surface area contributed by atoms with Crippen molar-refractivity contribution in [2.45, 2.75) is 37.2 Å².